The second-order valence-electron chi connectivity index (χ2n) is 2.82. The molecule has 2 heterocycles. The number of rotatable bonds is 1. The third kappa shape index (κ3) is 1.25. The summed E-state index contributed by atoms with van der Waals surface area (Å²) in [4.78, 5) is 10.6. The summed E-state index contributed by atoms with van der Waals surface area (Å²) >= 11 is 0. The molecule has 6 nitrogen and oxygen atoms in total. The van der Waals surface area contributed by atoms with Gasteiger partial charge in [0.05, 0.1) is 12.7 Å². The van der Waals surface area contributed by atoms with Crippen molar-refractivity contribution in [1.82, 2.24) is 9.78 Å². The van der Waals surface area contributed by atoms with E-state index < -0.39 is 12.1 Å². The largest absolute Gasteiger partial charge is 0.477 e. The molecule has 0 fully saturated rings. The number of hydrogen-bond donors (Lipinski definition) is 2. The predicted octanol–water partition coefficient (Wildman–Crippen LogP) is -0.665. The van der Waals surface area contributed by atoms with Crippen LogP contribution in [0.5, 0.6) is 5.88 Å². The zero-order valence-corrected chi connectivity index (χ0v) is 6.67. The molecule has 0 amide bonds. The van der Waals surface area contributed by atoms with E-state index >= 15 is 0 Å². The van der Waals surface area contributed by atoms with Gasteiger partial charge in [0.25, 0.3) is 0 Å². The van der Waals surface area contributed by atoms with Crippen molar-refractivity contribution in [1.29, 1.82) is 0 Å². The van der Waals surface area contributed by atoms with Crippen LogP contribution in [0.3, 0.4) is 0 Å². The molecule has 1 aromatic rings. The number of fused-ring (bicyclic) bond motifs is 1. The van der Waals surface area contributed by atoms with E-state index in [0.717, 1.165) is 0 Å². The highest BCUT2D eigenvalue weighted by atomic mass is 16.5. The molecule has 70 valence electrons. The average molecular weight is 184 g/mol. The Labute approximate surface area is 73.4 Å². The van der Waals surface area contributed by atoms with Gasteiger partial charge in [0.1, 0.15) is 18.3 Å². The molecule has 0 radical (unpaired) electrons. The lowest BCUT2D eigenvalue weighted by Gasteiger charge is -2.20. The van der Waals surface area contributed by atoms with Crippen LogP contribution >= 0.6 is 0 Å². The molecule has 0 bridgehead atoms. The molecular formula is C7H8N2O4. The maximum atomic E-state index is 10.6. The van der Waals surface area contributed by atoms with Crippen molar-refractivity contribution < 1.29 is 19.7 Å². The Morgan fingerprint density at radius 3 is 3.23 bits per heavy atom. The first-order valence-corrected chi connectivity index (χ1v) is 3.78. The van der Waals surface area contributed by atoms with Crippen LogP contribution in [-0.2, 0) is 6.54 Å². The molecule has 0 aromatic carbocycles. The summed E-state index contributed by atoms with van der Waals surface area (Å²) in [6.45, 7) is 0.397. The van der Waals surface area contributed by atoms with Crippen LogP contribution in [0.1, 0.15) is 10.4 Å². The molecular weight excluding hydrogens is 176 g/mol. The molecule has 0 unspecified atom stereocenters. The molecule has 1 atom stereocenters. The van der Waals surface area contributed by atoms with Crippen LogP contribution in [0.25, 0.3) is 0 Å². The predicted molar refractivity (Wildman–Crippen MR) is 40.7 cm³/mol. The fourth-order valence-corrected chi connectivity index (χ4v) is 1.23. The Hall–Kier alpha value is -1.56. The van der Waals surface area contributed by atoms with E-state index in [1.165, 1.54) is 10.9 Å². The lowest BCUT2D eigenvalue weighted by Crippen LogP contribution is -2.30. The lowest BCUT2D eigenvalue weighted by atomic mass is 10.3. The monoisotopic (exact) mass is 184 g/mol. The zero-order valence-electron chi connectivity index (χ0n) is 6.67. The van der Waals surface area contributed by atoms with Crippen molar-refractivity contribution in [3.63, 3.8) is 0 Å². The van der Waals surface area contributed by atoms with Gasteiger partial charge in [-0.2, -0.15) is 5.10 Å². The zero-order chi connectivity index (χ0) is 9.42. The summed E-state index contributed by atoms with van der Waals surface area (Å²) in [5, 5.41) is 21.6. The smallest absolute Gasteiger partial charge is 0.342 e. The van der Waals surface area contributed by atoms with E-state index in [-0.39, 0.29) is 24.6 Å². The molecule has 1 aromatic heterocycles. The van der Waals surface area contributed by atoms with Crippen molar-refractivity contribution >= 4 is 5.97 Å². The number of carboxylic acids is 1. The minimum Gasteiger partial charge on any atom is -0.477 e. The fourth-order valence-electron chi connectivity index (χ4n) is 1.23. The van der Waals surface area contributed by atoms with Gasteiger partial charge >= 0.3 is 5.97 Å². The number of nitrogens with zero attached hydrogens (tertiary/aromatic N) is 2. The van der Waals surface area contributed by atoms with Crippen molar-refractivity contribution in [2.75, 3.05) is 6.61 Å². The SMILES string of the molecule is O=C(O)c1cnn2c1OC[C@H](O)C2. The summed E-state index contributed by atoms with van der Waals surface area (Å²) < 4.78 is 6.38. The van der Waals surface area contributed by atoms with Crippen molar-refractivity contribution in [3.05, 3.63) is 11.8 Å². The highest BCUT2D eigenvalue weighted by molar-refractivity contribution is 5.90. The van der Waals surface area contributed by atoms with Gasteiger partial charge in [-0.25, -0.2) is 9.48 Å². The quantitative estimate of drug-likeness (QED) is 0.605. The van der Waals surface area contributed by atoms with Gasteiger partial charge in [0.15, 0.2) is 0 Å². The second-order valence-corrected chi connectivity index (χ2v) is 2.82. The van der Waals surface area contributed by atoms with E-state index in [1.807, 2.05) is 0 Å². The normalized spacial score (nSPS) is 20.5. The third-order valence-corrected chi connectivity index (χ3v) is 1.82. The molecule has 2 N–H and O–H groups in total. The highest BCUT2D eigenvalue weighted by Crippen LogP contribution is 2.21. The molecule has 1 aliphatic rings. The molecule has 0 saturated heterocycles. The van der Waals surface area contributed by atoms with Crippen molar-refractivity contribution in [3.8, 4) is 5.88 Å². The Bertz CT molecular complexity index is 346. The van der Waals surface area contributed by atoms with Crippen molar-refractivity contribution in [2.24, 2.45) is 0 Å². The Morgan fingerprint density at radius 1 is 1.77 bits per heavy atom. The molecule has 2 rings (SSSR count). The van der Waals surface area contributed by atoms with E-state index in [1.54, 1.807) is 0 Å². The maximum Gasteiger partial charge on any atom is 0.342 e. The number of aromatic nitrogens is 2. The molecule has 6 heteroatoms. The van der Waals surface area contributed by atoms with Crippen molar-refractivity contribution in [2.45, 2.75) is 12.6 Å². The van der Waals surface area contributed by atoms with E-state index in [9.17, 15) is 9.90 Å². The molecule has 0 aliphatic carbocycles. The lowest BCUT2D eigenvalue weighted by molar-refractivity contribution is 0.0520. The van der Waals surface area contributed by atoms with Crippen LogP contribution in [0.4, 0.5) is 0 Å². The first kappa shape index (κ1) is 8.06. The topological polar surface area (TPSA) is 84.6 Å². The number of carboxylic acid groups (broad SMARTS) is 1. The van der Waals surface area contributed by atoms with E-state index in [0.29, 0.717) is 0 Å². The number of aliphatic hydroxyl groups excluding tert-OH is 1. The Balaban J connectivity index is 2.39. The van der Waals surface area contributed by atoms with Crippen LogP contribution in [-0.4, -0.2) is 38.7 Å². The fraction of sp³-hybridized carbons (Fsp3) is 0.429. The van der Waals surface area contributed by atoms with Crippen LogP contribution in [0.15, 0.2) is 6.20 Å². The highest BCUT2D eigenvalue weighted by Gasteiger charge is 2.24. The average Bonchev–Trinajstić information content (AvgIpc) is 2.46. The first-order chi connectivity index (χ1) is 6.18. The molecule has 13 heavy (non-hydrogen) atoms. The summed E-state index contributed by atoms with van der Waals surface area (Å²) in [6, 6.07) is 0. The summed E-state index contributed by atoms with van der Waals surface area (Å²) in [7, 11) is 0. The number of ether oxygens (including phenoxy) is 1. The molecule has 1 aliphatic heterocycles. The van der Waals surface area contributed by atoms with Crippen LogP contribution < -0.4 is 4.74 Å². The Kier molecular flexibility index (Phi) is 1.70. The van der Waals surface area contributed by atoms with Gasteiger partial charge in [0, 0.05) is 0 Å². The summed E-state index contributed by atoms with van der Waals surface area (Å²) in [5.41, 5.74) is 0.0342. The first-order valence-electron chi connectivity index (χ1n) is 3.78. The summed E-state index contributed by atoms with van der Waals surface area (Å²) in [5.74, 6) is -0.851. The molecule has 0 saturated carbocycles. The minimum absolute atomic E-state index is 0.0342. The maximum absolute atomic E-state index is 10.6. The second kappa shape index (κ2) is 2.74. The number of hydrogen-bond acceptors (Lipinski definition) is 4. The Morgan fingerprint density at radius 2 is 2.54 bits per heavy atom. The van der Waals surface area contributed by atoms with Gasteiger partial charge in [-0.15, -0.1) is 0 Å². The number of carbonyl (C=O) groups is 1. The summed E-state index contributed by atoms with van der Waals surface area (Å²) in [6.07, 6.45) is 0.601. The van der Waals surface area contributed by atoms with Gasteiger partial charge in [-0.1, -0.05) is 0 Å². The standard InChI is InChI=1S/C7H8N2O4/c10-4-2-9-6(13-3-4)5(1-8-9)7(11)12/h1,4,10H,2-3H2,(H,11,12)/t4-/m1/s1. The van der Waals surface area contributed by atoms with Crippen LogP contribution in [0, 0.1) is 0 Å². The third-order valence-electron chi connectivity index (χ3n) is 1.82. The van der Waals surface area contributed by atoms with E-state index in [4.69, 9.17) is 9.84 Å². The van der Waals surface area contributed by atoms with Gasteiger partial charge < -0.3 is 14.9 Å². The molecule has 0 spiro atoms. The number of aromatic carboxylic acids is 1. The number of aliphatic hydroxyl groups is 1. The van der Waals surface area contributed by atoms with Gasteiger partial charge in [-0.3, -0.25) is 0 Å². The van der Waals surface area contributed by atoms with E-state index in [2.05, 4.69) is 5.10 Å². The van der Waals surface area contributed by atoms with Crippen LogP contribution in [0.2, 0.25) is 0 Å². The van der Waals surface area contributed by atoms with Gasteiger partial charge in [-0.05, 0) is 0 Å². The van der Waals surface area contributed by atoms with Gasteiger partial charge in [0.2, 0.25) is 5.88 Å². The minimum atomic E-state index is -1.07.